The molecule has 1 aliphatic heterocycles. The maximum absolute atomic E-state index is 13.3. The molecule has 2 heterocycles. The largest absolute Gasteiger partial charge is 0.349 e. The predicted molar refractivity (Wildman–Crippen MR) is 108 cm³/mol. The van der Waals surface area contributed by atoms with Gasteiger partial charge in [-0.3, -0.25) is 9.48 Å². The van der Waals surface area contributed by atoms with Crippen LogP contribution in [-0.4, -0.2) is 47.5 Å². The molecule has 150 valence electrons. The van der Waals surface area contributed by atoms with Crippen LogP contribution in [0.2, 0.25) is 0 Å². The number of carbonyl (C=O) groups excluding carboxylic acids is 1. The topological polar surface area (TPSA) is 84.3 Å². The lowest BCUT2D eigenvalue weighted by Crippen LogP contribution is -2.55. The van der Waals surface area contributed by atoms with Gasteiger partial charge >= 0.3 is 0 Å². The number of piperidine rings is 1. The summed E-state index contributed by atoms with van der Waals surface area (Å²) < 4.78 is 29.8. The van der Waals surface area contributed by atoms with Crippen molar-refractivity contribution in [2.24, 2.45) is 18.9 Å². The summed E-state index contributed by atoms with van der Waals surface area (Å²) in [6, 6.07) is 8.70. The number of amides is 1. The fourth-order valence-electron chi connectivity index (χ4n) is 3.83. The van der Waals surface area contributed by atoms with Gasteiger partial charge in [0.15, 0.2) is 0 Å². The van der Waals surface area contributed by atoms with E-state index in [1.165, 1.54) is 10.4 Å². The summed E-state index contributed by atoms with van der Waals surface area (Å²) in [5.74, 6) is -0.255. The second-order valence-electron chi connectivity index (χ2n) is 7.38. The molecule has 2 aromatic rings. The molecule has 7 nitrogen and oxygen atoms in total. The van der Waals surface area contributed by atoms with E-state index in [0.29, 0.717) is 13.1 Å². The molecule has 0 aliphatic carbocycles. The fraction of sp³-hybridized carbons (Fsp3) is 0.400. The SMILES string of the molecule is C=CC(=O)NC1C(C)CN(S(=O)(=O)c2cccc(-c3ccnn3C)c2)CC1C. The number of sulfonamides is 1. The zero-order valence-electron chi connectivity index (χ0n) is 16.4. The Balaban J connectivity index is 1.85. The molecule has 8 heteroatoms. The molecule has 0 spiro atoms. The second kappa shape index (κ2) is 7.89. The average molecular weight is 403 g/mol. The summed E-state index contributed by atoms with van der Waals surface area (Å²) >= 11 is 0. The number of aryl methyl sites for hydroxylation is 1. The Hall–Kier alpha value is -2.45. The van der Waals surface area contributed by atoms with E-state index in [4.69, 9.17) is 0 Å². The molecule has 2 atom stereocenters. The minimum atomic E-state index is -3.64. The highest BCUT2D eigenvalue weighted by Gasteiger charge is 2.38. The van der Waals surface area contributed by atoms with Crippen LogP contribution < -0.4 is 5.32 Å². The van der Waals surface area contributed by atoms with Gasteiger partial charge in [-0.15, -0.1) is 0 Å². The quantitative estimate of drug-likeness (QED) is 0.776. The molecule has 1 aliphatic rings. The van der Waals surface area contributed by atoms with Gasteiger partial charge in [0.2, 0.25) is 15.9 Å². The van der Waals surface area contributed by atoms with Gasteiger partial charge in [-0.25, -0.2) is 8.42 Å². The minimum absolute atomic E-state index is 0.0114. The van der Waals surface area contributed by atoms with Crippen LogP contribution in [0, 0.1) is 11.8 Å². The first-order valence-electron chi connectivity index (χ1n) is 9.25. The van der Waals surface area contributed by atoms with Gasteiger partial charge in [0.1, 0.15) is 0 Å². The van der Waals surface area contributed by atoms with Crippen LogP contribution in [0.15, 0.2) is 54.1 Å². The minimum Gasteiger partial charge on any atom is -0.349 e. The number of aromatic nitrogens is 2. The van der Waals surface area contributed by atoms with Gasteiger partial charge in [-0.2, -0.15) is 9.40 Å². The summed E-state index contributed by atoms with van der Waals surface area (Å²) in [6.07, 6.45) is 2.93. The van der Waals surface area contributed by atoms with Crippen molar-refractivity contribution < 1.29 is 13.2 Å². The Morgan fingerprint density at radius 2 is 1.93 bits per heavy atom. The van der Waals surface area contributed by atoms with Crippen LogP contribution in [0.5, 0.6) is 0 Å². The molecule has 0 radical (unpaired) electrons. The number of rotatable bonds is 5. The Morgan fingerprint density at radius 3 is 2.50 bits per heavy atom. The lowest BCUT2D eigenvalue weighted by atomic mass is 9.87. The summed E-state index contributed by atoms with van der Waals surface area (Å²) in [6.45, 7) is 8.10. The summed E-state index contributed by atoms with van der Waals surface area (Å²) in [5, 5.41) is 7.07. The van der Waals surface area contributed by atoms with Crippen LogP contribution in [0.1, 0.15) is 13.8 Å². The zero-order valence-corrected chi connectivity index (χ0v) is 17.2. The second-order valence-corrected chi connectivity index (χ2v) is 9.32. The molecule has 0 saturated carbocycles. The van der Waals surface area contributed by atoms with Gasteiger partial charge < -0.3 is 5.32 Å². The first-order valence-corrected chi connectivity index (χ1v) is 10.7. The van der Waals surface area contributed by atoms with E-state index in [0.717, 1.165) is 11.3 Å². The van der Waals surface area contributed by atoms with Gasteiger partial charge in [0.25, 0.3) is 0 Å². The fourth-order valence-corrected chi connectivity index (χ4v) is 5.52. The van der Waals surface area contributed by atoms with Crippen LogP contribution in [0.4, 0.5) is 0 Å². The summed E-state index contributed by atoms with van der Waals surface area (Å²) in [4.78, 5) is 11.9. The molecule has 1 saturated heterocycles. The highest BCUT2D eigenvalue weighted by atomic mass is 32.2. The molecule has 0 bridgehead atoms. The maximum Gasteiger partial charge on any atom is 0.243 e. The van der Waals surface area contributed by atoms with E-state index < -0.39 is 10.0 Å². The Bertz CT molecular complexity index is 971. The molecule has 1 amide bonds. The summed E-state index contributed by atoms with van der Waals surface area (Å²) in [7, 11) is -1.82. The number of hydrogen-bond donors (Lipinski definition) is 1. The van der Waals surface area contributed by atoms with Gasteiger partial charge in [0, 0.05) is 37.9 Å². The lowest BCUT2D eigenvalue weighted by Gasteiger charge is -2.40. The zero-order chi connectivity index (χ0) is 20.5. The average Bonchev–Trinajstić information content (AvgIpc) is 3.10. The van der Waals surface area contributed by atoms with Crippen molar-refractivity contribution in [3.8, 4) is 11.3 Å². The van der Waals surface area contributed by atoms with Crippen molar-refractivity contribution in [3.05, 3.63) is 49.2 Å². The molecule has 2 unspecified atom stereocenters. The van der Waals surface area contributed by atoms with Crippen molar-refractivity contribution in [1.82, 2.24) is 19.4 Å². The van der Waals surface area contributed by atoms with E-state index in [1.54, 1.807) is 29.1 Å². The van der Waals surface area contributed by atoms with Crippen LogP contribution >= 0.6 is 0 Å². The van der Waals surface area contributed by atoms with Crippen molar-refractivity contribution in [2.75, 3.05) is 13.1 Å². The van der Waals surface area contributed by atoms with Gasteiger partial charge in [-0.05, 0) is 36.1 Å². The highest BCUT2D eigenvalue weighted by molar-refractivity contribution is 7.89. The standard InChI is InChI=1S/C20H26N4O3S/c1-5-19(25)22-20-14(2)12-24(13-15(20)3)28(26,27)17-8-6-7-16(11-17)18-9-10-21-23(18)4/h5-11,14-15,20H,1,12-13H2,2-4H3,(H,22,25). The third-order valence-electron chi connectivity index (χ3n) is 5.29. The first-order chi connectivity index (χ1) is 13.2. The van der Waals surface area contributed by atoms with Crippen molar-refractivity contribution in [1.29, 1.82) is 0 Å². The smallest absolute Gasteiger partial charge is 0.243 e. The molecule has 1 N–H and O–H groups in total. The first kappa shape index (κ1) is 20.3. The maximum atomic E-state index is 13.3. The van der Waals surface area contributed by atoms with E-state index in [9.17, 15) is 13.2 Å². The molecule has 28 heavy (non-hydrogen) atoms. The van der Waals surface area contributed by atoms with E-state index in [-0.39, 0.29) is 28.7 Å². The van der Waals surface area contributed by atoms with Crippen LogP contribution in [0.25, 0.3) is 11.3 Å². The van der Waals surface area contributed by atoms with Crippen LogP contribution in [-0.2, 0) is 21.9 Å². The Morgan fingerprint density at radius 1 is 1.25 bits per heavy atom. The number of nitrogens with zero attached hydrogens (tertiary/aromatic N) is 3. The van der Waals surface area contributed by atoms with E-state index in [1.807, 2.05) is 33.0 Å². The molecule has 1 fully saturated rings. The lowest BCUT2D eigenvalue weighted by molar-refractivity contribution is -0.118. The molecule has 1 aromatic carbocycles. The van der Waals surface area contributed by atoms with Crippen molar-refractivity contribution in [2.45, 2.75) is 24.8 Å². The number of hydrogen-bond acceptors (Lipinski definition) is 4. The Kier molecular flexibility index (Phi) is 5.71. The van der Waals surface area contributed by atoms with E-state index in [2.05, 4.69) is 17.0 Å². The Labute approximate surface area is 166 Å². The summed E-state index contributed by atoms with van der Waals surface area (Å²) in [5.41, 5.74) is 1.65. The predicted octanol–water partition coefficient (Wildman–Crippen LogP) is 2.03. The molecule has 1 aromatic heterocycles. The van der Waals surface area contributed by atoms with Gasteiger partial charge in [0.05, 0.1) is 10.6 Å². The van der Waals surface area contributed by atoms with Crippen molar-refractivity contribution >= 4 is 15.9 Å². The third-order valence-corrected chi connectivity index (χ3v) is 7.12. The molecule has 3 rings (SSSR count). The van der Waals surface area contributed by atoms with Gasteiger partial charge in [-0.1, -0.05) is 32.6 Å². The third kappa shape index (κ3) is 3.88. The number of carbonyl (C=O) groups is 1. The highest BCUT2D eigenvalue weighted by Crippen LogP contribution is 2.29. The monoisotopic (exact) mass is 402 g/mol. The number of benzene rings is 1. The molecular formula is C20H26N4O3S. The van der Waals surface area contributed by atoms with Crippen LogP contribution in [0.3, 0.4) is 0 Å². The normalized spacial score (nSPS) is 23.3. The van der Waals surface area contributed by atoms with E-state index >= 15 is 0 Å². The molecular weight excluding hydrogens is 376 g/mol. The number of nitrogens with one attached hydrogen (secondary N) is 1. The van der Waals surface area contributed by atoms with Crippen molar-refractivity contribution in [3.63, 3.8) is 0 Å².